The Kier molecular flexibility index (Phi) is 6.52. The molecule has 3 nitrogen and oxygen atoms in total. The van der Waals surface area contributed by atoms with Crippen molar-refractivity contribution >= 4 is 0 Å². The molecular formula is C18H29NO2. The monoisotopic (exact) mass is 291 g/mol. The summed E-state index contributed by atoms with van der Waals surface area (Å²) in [6.07, 6.45) is 5.76. The van der Waals surface area contributed by atoms with Crippen molar-refractivity contribution in [2.75, 3.05) is 20.3 Å². The minimum atomic E-state index is 0.309. The van der Waals surface area contributed by atoms with Crippen molar-refractivity contribution < 1.29 is 9.84 Å². The van der Waals surface area contributed by atoms with Gasteiger partial charge in [0.25, 0.3) is 0 Å². The molecule has 0 aliphatic heterocycles. The largest absolute Gasteiger partial charge is 0.497 e. The number of ether oxygens (including phenoxy) is 1. The molecule has 2 N–H and O–H groups in total. The van der Waals surface area contributed by atoms with E-state index in [1.807, 2.05) is 6.07 Å². The van der Waals surface area contributed by atoms with E-state index in [9.17, 15) is 0 Å². The maximum absolute atomic E-state index is 9.10. The van der Waals surface area contributed by atoms with Gasteiger partial charge >= 0.3 is 0 Å². The normalized spacial score (nSPS) is 22.6. The Bertz CT molecular complexity index is 409. The molecule has 1 saturated carbocycles. The maximum atomic E-state index is 9.10. The Balaban J connectivity index is 1.73. The molecule has 1 fully saturated rings. The molecule has 2 rings (SSSR count). The third kappa shape index (κ3) is 4.72. The van der Waals surface area contributed by atoms with Crippen LogP contribution in [0.4, 0.5) is 0 Å². The van der Waals surface area contributed by atoms with Gasteiger partial charge in [0, 0.05) is 12.6 Å². The maximum Gasteiger partial charge on any atom is 0.119 e. The highest BCUT2D eigenvalue weighted by Gasteiger charge is 2.30. The first-order valence-corrected chi connectivity index (χ1v) is 8.25. The summed E-state index contributed by atoms with van der Waals surface area (Å²) >= 11 is 0. The molecule has 1 atom stereocenters. The minimum Gasteiger partial charge on any atom is -0.497 e. The van der Waals surface area contributed by atoms with Crippen LogP contribution in [0.5, 0.6) is 5.75 Å². The summed E-state index contributed by atoms with van der Waals surface area (Å²) in [5.74, 6) is 2.24. The molecule has 1 aliphatic carbocycles. The molecule has 0 bridgehead atoms. The van der Waals surface area contributed by atoms with E-state index in [1.165, 1.54) is 31.2 Å². The van der Waals surface area contributed by atoms with Gasteiger partial charge in [-0.05, 0) is 61.8 Å². The lowest BCUT2D eigenvalue weighted by molar-refractivity contribution is 0.228. The fraction of sp³-hybridized carbons (Fsp3) is 0.667. The van der Waals surface area contributed by atoms with Crippen LogP contribution < -0.4 is 10.1 Å². The topological polar surface area (TPSA) is 41.5 Å². The highest BCUT2D eigenvalue weighted by molar-refractivity contribution is 5.32. The van der Waals surface area contributed by atoms with Crippen molar-refractivity contribution in [3.05, 3.63) is 29.8 Å². The molecule has 3 heteroatoms. The van der Waals surface area contributed by atoms with Gasteiger partial charge in [0.2, 0.25) is 0 Å². The van der Waals surface area contributed by atoms with Crippen molar-refractivity contribution in [2.45, 2.75) is 51.0 Å². The van der Waals surface area contributed by atoms with Crippen molar-refractivity contribution in [2.24, 2.45) is 5.92 Å². The average Bonchev–Trinajstić information content (AvgIpc) is 2.46. The molecule has 0 radical (unpaired) electrons. The van der Waals surface area contributed by atoms with Crippen LogP contribution in [0, 0.1) is 5.92 Å². The van der Waals surface area contributed by atoms with Crippen LogP contribution in [0.15, 0.2) is 24.3 Å². The number of benzene rings is 1. The second-order valence-electron chi connectivity index (χ2n) is 6.22. The molecule has 0 saturated heterocycles. The van der Waals surface area contributed by atoms with Gasteiger partial charge in [0.15, 0.2) is 0 Å². The van der Waals surface area contributed by atoms with Crippen LogP contribution in [-0.2, 0) is 0 Å². The molecule has 1 aromatic carbocycles. The second kappa shape index (κ2) is 8.40. The number of nitrogens with one attached hydrogen (secondary N) is 1. The van der Waals surface area contributed by atoms with Crippen molar-refractivity contribution in [3.63, 3.8) is 0 Å². The third-order valence-corrected chi connectivity index (χ3v) is 4.63. The number of hydrogen-bond acceptors (Lipinski definition) is 3. The molecule has 0 spiro atoms. The van der Waals surface area contributed by atoms with E-state index in [4.69, 9.17) is 9.84 Å². The van der Waals surface area contributed by atoms with Gasteiger partial charge in [0.1, 0.15) is 5.75 Å². The van der Waals surface area contributed by atoms with E-state index >= 15 is 0 Å². The molecule has 0 amide bonds. The van der Waals surface area contributed by atoms with E-state index in [0.717, 1.165) is 18.7 Å². The highest BCUT2D eigenvalue weighted by Crippen LogP contribution is 2.38. The summed E-state index contributed by atoms with van der Waals surface area (Å²) in [5.41, 5.74) is 1.40. The summed E-state index contributed by atoms with van der Waals surface area (Å²) in [6, 6.07) is 9.08. The zero-order chi connectivity index (χ0) is 15.1. The van der Waals surface area contributed by atoms with Gasteiger partial charge in [-0.3, -0.25) is 0 Å². The SMILES string of the molecule is CCCC(CCO)CNC1CC(c2cccc(OC)c2)C1. The lowest BCUT2D eigenvalue weighted by Gasteiger charge is -2.37. The van der Waals surface area contributed by atoms with Crippen molar-refractivity contribution in [1.29, 1.82) is 0 Å². The lowest BCUT2D eigenvalue weighted by Crippen LogP contribution is -2.42. The number of methoxy groups -OCH3 is 1. The number of hydrogen-bond donors (Lipinski definition) is 2. The first-order chi connectivity index (χ1) is 10.3. The predicted molar refractivity (Wildman–Crippen MR) is 86.9 cm³/mol. The van der Waals surface area contributed by atoms with Crippen LogP contribution >= 0.6 is 0 Å². The van der Waals surface area contributed by atoms with Crippen molar-refractivity contribution in [1.82, 2.24) is 5.32 Å². The van der Waals surface area contributed by atoms with Crippen LogP contribution in [0.2, 0.25) is 0 Å². The van der Waals surface area contributed by atoms with E-state index in [1.54, 1.807) is 7.11 Å². The van der Waals surface area contributed by atoms with Gasteiger partial charge in [-0.1, -0.05) is 25.5 Å². The van der Waals surface area contributed by atoms with Gasteiger partial charge < -0.3 is 15.2 Å². The molecule has 1 unspecified atom stereocenters. The molecule has 1 aliphatic rings. The highest BCUT2D eigenvalue weighted by atomic mass is 16.5. The third-order valence-electron chi connectivity index (χ3n) is 4.63. The summed E-state index contributed by atoms with van der Waals surface area (Å²) in [4.78, 5) is 0. The standard InChI is InChI=1S/C18H29NO2/c1-3-5-14(8-9-20)13-19-17-10-16(11-17)15-6-4-7-18(12-15)21-2/h4,6-7,12,14,16-17,19-20H,3,5,8-11,13H2,1-2H3. The number of aliphatic hydroxyl groups is 1. The molecule has 0 heterocycles. The van der Waals surface area contributed by atoms with Crippen LogP contribution in [0.25, 0.3) is 0 Å². The fourth-order valence-corrected chi connectivity index (χ4v) is 3.22. The summed E-state index contributed by atoms with van der Waals surface area (Å²) in [7, 11) is 1.72. The molecular weight excluding hydrogens is 262 g/mol. The first-order valence-electron chi connectivity index (χ1n) is 8.25. The van der Waals surface area contributed by atoms with E-state index in [0.29, 0.717) is 24.5 Å². The summed E-state index contributed by atoms with van der Waals surface area (Å²) in [5, 5.41) is 12.8. The summed E-state index contributed by atoms with van der Waals surface area (Å²) in [6.45, 7) is 3.57. The Morgan fingerprint density at radius 3 is 2.81 bits per heavy atom. The van der Waals surface area contributed by atoms with E-state index < -0.39 is 0 Å². The molecule has 0 aromatic heterocycles. The van der Waals surface area contributed by atoms with Gasteiger partial charge in [-0.15, -0.1) is 0 Å². The molecule has 118 valence electrons. The predicted octanol–water partition coefficient (Wildman–Crippen LogP) is 3.33. The molecule has 21 heavy (non-hydrogen) atoms. The van der Waals surface area contributed by atoms with Gasteiger partial charge in [0.05, 0.1) is 7.11 Å². The zero-order valence-corrected chi connectivity index (χ0v) is 13.3. The quantitative estimate of drug-likeness (QED) is 0.733. The molecule has 1 aromatic rings. The van der Waals surface area contributed by atoms with Crippen LogP contribution in [0.3, 0.4) is 0 Å². The van der Waals surface area contributed by atoms with E-state index in [-0.39, 0.29) is 0 Å². The van der Waals surface area contributed by atoms with Crippen LogP contribution in [-0.4, -0.2) is 31.4 Å². The van der Waals surface area contributed by atoms with Gasteiger partial charge in [-0.2, -0.15) is 0 Å². The van der Waals surface area contributed by atoms with E-state index in [2.05, 4.69) is 30.4 Å². The Labute approximate surface area is 128 Å². The Morgan fingerprint density at radius 2 is 2.14 bits per heavy atom. The first kappa shape index (κ1) is 16.3. The van der Waals surface area contributed by atoms with Gasteiger partial charge in [-0.25, -0.2) is 0 Å². The smallest absolute Gasteiger partial charge is 0.119 e. The summed E-state index contributed by atoms with van der Waals surface area (Å²) < 4.78 is 5.29. The van der Waals surface area contributed by atoms with Crippen LogP contribution in [0.1, 0.15) is 50.5 Å². The number of aliphatic hydroxyl groups excluding tert-OH is 1. The Morgan fingerprint density at radius 1 is 1.33 bits per heavy atom. The lowest BCUT2D eigenvalue weighted by atomic mass is 9.75. The zero-order valence-electron chi connectivity index (χ0n) is 13.3. The number of rotatable bonds is 9. The second-order valence-corrected chi connectivity index (χ2v) is 6.22. The fourth-order valence-electron chi connectivity index (χ4n) is 3.22. The Hall–Kier alpha value is -1.06. The van der Waals surface area contributed by atoms with Crippen molar-refractivity contribution in [3.8, 4) is 5.75 Å². The minimum absolute atomic E-state index is 0.309. The average molecular weight is 291 g/mol.